The van der Waals surface area contributed by atoms with Gasteiger partial charge in [-0.15, -0.1) is 0 Å². The maximum Gasteiger partial charge on any atom is 0.0945 e. The van der Waals surface area contributed by atoms with Crippen molar-refractivity contribution in [3.05, 3.63) is 18.7 Å². The molecule has 0 aliphatic heterocycles. The van der Waals surface area contributed by atoms with Gasteiger partial charge in [0.2, 0.25) is 0 Å². The van der Waals surface area contributed by atoms with Crippen LogP contribution in [0.25, 0.3) is 0 Å². The second-order valence-corrected chi connectivity index (χ2v) is 2.98. The Hall–Kier alpha value is -0.830. The van der Waals surface area contributed by atoms with Crippen molar-refractivity contribution >= 4 is 0 Å². The molecule has 0 atom stereocenters. The number of nitrogens with zero attached hydrogens (tertiary/aromatic N) is 2. The highest BCUT2D eigenvalue weighted by atomic mass is 16.0. The average molecular weight is 156 g/mol. The molecule has 0 fully saturated rings. The third kappa shape index (κ3) is 3.78. The van der Waals surface area contributed by atoms with Gasteiger partial charge in [0.05, 0.1) is 6.33 Å². The lowest BCUT2D eigenvalue weighted by atomic mass is 10.1. The molecule has 0 saturated heterocycles. The van der Waals surface area contributed by atoms with Crippen LogP contribution in [0.1, 0.15) is 20.3 Å². The van der Waals surface area contributed by atoms with Crippen molar-refractivity contribution in [2.75, 3.05) is 0 Å². The molecule has 0 amide bonds. The van der Waals surface area contributed by atoms with Crippen molar-refractivity contribution in [3.8, 4) is 0 Å². The summed E-state index contributed by atoms with van der Waals surface area (Å²) in [5.41, 5.74) is 0. The third-order valence-electron chi connectivity index (χ3n) is 1.52. The van der Waals surface area contributed by atoms with Gasteiger partial charge in [0.25, 0.3) is 0 Å². The van der Waals surface area contributed by atoms with Crippen LogP contribution in [-0.4, -0.2) is 15.0 Å². The number of aromatic nitrogens is 2. The average Bonchev–Trinajstić information content (AvgIpc) is 2.34. The summed E-state index contributed by atoms with van der Waals surface area (Å²) in [6, 6.07) is 0. The van der Waals surface area contributed by atoms with Gasteiger partial charge in [-0.1, -0.05) is 13.8 Å². The maximum atomic E-state index is 3.96. The van der Waals surface area contributed by atoms with Gasteiger partial charge in [-0.05, 0) is 12.3 Å². The van der Waals surface area contributed by atoms with E-state index in [2.05, 4.69) is 23.4 Å². The largest absolute Gasteiger partial charge is 0.412 e. The molecule has 11 heavy (non-hydrogen) atoms. The Morgan fingerprint density at radius 2 is 2.18 bits per heavy atom. The molecule has 64 valence electrons. The first-order valence-corrected chi connectivity index (χ1v) is 3.75. The topological polar surface area (TPSA) is 49.3 Å². The minimum absolute atomic E-state index is 0. The Kier molecular flexibility index (Phi) is 4.54. The van der Waals surface area contributed by atoms with Gasteiger partial charge in [-0.25, -0.2) is 4.98 Å². The van der Waals surface area contributed by atoms with Gasteiger partial charge >= 0.3 is 0 Å². The SMILES string of the molecule is CC(C)CCn1ccnc1.O. The zero-order valence-corrected chi connectivity index (χ0v) is 7.12. The van der Waals surface area contributed by atoms with E-state index in [-0.39, 0.29) is 5.48 Å². The molecule has 1 aromatic heterocycles. The van der Waals surface area contributed by atoms with Crippen molar-refractivity contribution in [1.82, 2.24) is 9.55 Å². The molecule has 1 aromatic rings. The molecule has 0 aliphatic carbocycles. The molecular weight excluding hydrogens is 140 g/mol. The summed E-state index contributed by atoms with van der Waals surface area (Å²) in [6.07, 6.45) is 6.92. The van der Waals surface area contributed by atoms with Crippen LogP contribution >= 0.6 is 0 Å². The lowest BCUT2D eigenvalue weighted by Crippen LogP contribution is -1.98. The highest BCUT2D eigenvalue weighted by Gasteiger charge is 1.93. The lowest BCUT2D eigenvalue weighted by Gasteiger charge is -2.03. The Labute approximate surface area is 67.4 Å². The van der Waals surface area contributed by atoms with Gasteiger partial charge in [-0.3, -0.25) is 0 Å². The number of rotatable bonds is 3. The zero-order valence-electron chi connectivity index (χ0n) is 7.12. The summed E-state index contributed by atoms with van der Waals surface area (Å²) in [4.78, 5) is 3.96. The van der Waals surface area contributed by atoms with E-state index in [0.717, 1.165) is 12.5 Å². The van der Waals surface area contributed by atoms with Crippen LogP contribution in [0.15, 0.2) is 18.7 Å². The van der Waals surface area contributed by atoms with Gasteiger partial charge in [0.15, 0.2) is 0 Å². The molecule has 0 radical (unpaired) electrons. The number of hydrogen-bond donors (Lipinski definition) is 0. The molecule has 1 rings (SSSR count). The summed E-state index contributed by atoms with van der Waals surface area (Å²) in [5.74, 6) is 0.780. The fourth-order valence-electron chi connectivity index (χ4n) is 0.826. The first-order chi connectivity index (χ1) is 4.79. The minimum atomic E-state index is 0. The second-order valence-electron chi connectivity index (χ2n) is 2.98. The molecular formula is C8H16N2O. The van der Waals surface area contributed by atoms with Crippen LogP contribution in [-0.2, 0) is 6.54 Å². The van der Waals surface area contributed by atoms with Crippen LogP contribution in [0.5, 0.6) is 0 Å². The van der Waals surface area contributed by atoms with E-state index in [1.54, 1.807) is 0 Å². The zero-order chi connectivity index (χ0) is 7.40. The summed E-state index contributed by atoms with van der Waals surface area (Å²) in [5, 5.41) is 0. The van der Waals surface area contributed by atoms with E-state index < -0.39 is 0 Å². The number of hydrogen-bond acceptors (Lipinski definition) is 1. The quantitative estimate of drug-likeness (QED) is 0.646. The van der Waals surface area contributed by atoms with E-state index in [1.807, 2.05) is 18.7 Å². The van der Waals surface area contributed by atoms with Crippen LogP contribution in [0.4, 0.5) is 0 Å². The summed E-state index contributed by atoms with van der Waals surface area (Å²) in [7, 11) is 0. The molecule has 3 heteroatoms. The fraction of sp³-hybridized carbons (Fsp3) is 0.625. The number of aryl methyl sites for hydroxylation is 1. The second kappa shape index (κ2) is 4.91. The Bertz CT molecular complexity index is 170. The van der Waals surface area contributed by atoms with Crippen LogP contribution < -0.4 is 0 Å². The van der Waals surface area contributed by atoms with Crippen molar-refractivity contribution in [3.63, 3.8) is 0 Å². The number of imidazole rings is 1. The Morgan fingerprint density at radius 1 is 1.45 bits per heavy atom. The molecule has 0 saturated carbocycles. The predicted octanol–water partition coefficient (Wildman–Crippen LogP) is 1.10. The van der Waals surface area contributed by atoms with E-state index in [4.69, 9.17) is 0 Å². The fourth-order valence-corrected chi connectivity index (χ4v) is 0.826. The lowest BCUT2D eigenvalue weighted by molar-refractivity contribution is 0.516. The first-order valence-electron chi connectivity index (χ1n) is 3.75. The molecule has 0 bridgehead atoms. The molecule has 1 heterocycles. The molecule has 0 aromatic carbocycles. The van der Waals surface area contributed by atoms with Gasteiger partial charge in [0.1, 0.15) is 0 Å². The Morgan fingerprint density at radius 3 is 2.64 bits per heavy atom. The van der Waals surface area contributed by atoms with Crippen molar-refractivity contribution in [1.29, 1.82) is 0 Å². The first kappa shape index (κ1) is 10.2. The summed E-state index contributed by atoms with van der Waals surface area (Å²) >= 11 is 0. The van der Waals surface area contributed by atoms with E-state index in [9.17, 15) is 0 Å². The Balaban J connectivity index is 0.000001000. The van der Waals surface area contributed by atoms with E-state index in [0.29, 0.717) is 0 Å². The maximum absolute atomic E-state index is 3.96. The van der Waals surface area contributed by atoms with Gasteiger partial charge in [0, 0.05) is 18.9 Å². The van der Waals surface area contributed by atoms with E-state index in [1.165, 1.54) is 6.42 Å². The van der Waals surface area contributed by atoms with Crippen LogP contribution in [0, 0.1) is 5.92 Å². The monoisotopic (exact) mass is 156 g/mol. The highest BCUT2D eigenvalue weighted by Crippen LogP contribution is 2.01. The predicted molar refractivity (Wildman–Crippen MR) is 45.3 cm³/mol. The minimum Gasteiger partial charge on any atom is -0.412 e. The van der Waals surface area contributed by atoms with Crippen molar-refractivity contribution in [2.45, 2.75) is 26.8 Å². The standard InChI is InChI=1S/C8H14N2.H2O/c1-8(2)3-5-10-6-4-9-7-10;/h4,6-8H,3,5H2,1-2H3;1H2. The molecule has 2 N–H and O–H groups in total. The highest BCUT2D eigenvalue weighted by molar-refractivity contribution is 4.73. The normalized spacial score (nSPS) is 9.73. The van der Waals surface area contributed by atoms with E-state index >= 15 is 0 Å². The van der Waals surface area contributed by atoms with Crippen LogP contribution in [0.3, 0.4) is 0 Å². The molecule has 0 aliphatic rings. The van der Waals surface area contributed by atoms with Crippen LogP contribution in [0.2, 0.25) is 0 Å². The molecule has 0 spiro atoms. The summed E-state index contributed by atoms with van der Waals surface area (Å²) in [6.45, 7) is 5.56. The molecule has 3 nitrogen and oxygen atoms in total. The van der Waals surface area contributed by atoms with Crippen molar-refractivity contribution in [2.24, 2.45) is 5.92 Å². The molecule has 0 unspecified atom stereocenters. The van der Waals surface area contributed by atoms with Gasteiger partial charge < -0.3 is 10.0 Å². The van der Waals surface area contributed by atoms with Gasteiger partial charge in [-0.2, -0.15) is 0 Å². The summed E-state index contributed by atoms with van der Waals surface area (Å²) < 4.78 is 2.11. The van der Waals surface area contributed by atoms with Crippen molar-refractivity contribution < 1.29 is 5.48 Å². The smallest absolute Gasteiger partial charge is 0.0945 e. The third-order valence-corrected chi connectivity index (χ3v) is 1.52.